The zero-order valence-corrected chi connectivity index (χ0v) is 14.8. The maximum absolute atomic E-state index is 12.3. The molecule has 0 radical (unpaired) electrons. The number of alkyl halides is 3. The minimum atomic E-state index is -4.77. The maximum Gasteiger partial charge on any atom is 0.573 e. The van der Waals surface area contributed by atoms with E-state index in [1.54, 1.807) is 0 Å². The molecule has 0 aliphatic carbocycles. The van der Waals surface area contributed by atoms with Gasteiger partial charge in [0.05, 0.1) is 10.7 Å². The van der Waals surface area contributed by atoms with Gasteiger partial charge < -0.3 is 4.74 Å². The molecular weight excluding hydrogens is 403 g/mol. The van der Waals surface area contributed by atoms with Crippen LogP contribution in [0.15, 0.2) is 22.1 Å². The number of aromatic nitrogens is 1. The highest BCUT2D eigenvalue weighted by atomic mass is 79.9. The number of benzene rings is 1. The molecule has 0 fully saturated rings. The summed E-state index contributed by atoms with van der Waals surface area (Å²) in [6, 6.07) is 4.17. The molecule has 0 N–H and O–H groups in total. The van der Waals surface area contributed by atoms with Crippen LogP contribution in [0.1, 0.15) is 18.7 Å². The Hall–Kier alpha value is -0.790. The number of thiazole rings is 1. The van der Waals surface area contributed by atoms with E-state index in [1.807, 2.05) is 0 Å². The average Bonchev–Trinajstić information content (AvgIpc) is 2.70. The third kappa shape index (κ3) is 4.60. The Morgan fingerprint density at radius 1 is 1.36 bits per heavy atom. The van der Waals surface area contributed by atoms with Gasteiger partial charge in [-0.3, -0.25) is 0 Å². The lowest BCUT2D eigenvalue weighted by atomic mass is 10.0. The van der Waals surface area contributed by atoms with E-state index < -0.39 is 12.1 Å². The minimum absolute atomic E-state index is 0.102. The lowest BCUT2D eigenvalue weighted by Crippen LogP contribution is -2.17. The van der Waals surface area contributed by atoms with Crippen LogP contribution in [0.4, 0.5) is 13.2 Å². The highest BCUT2D eigenvalue weighted by molar-refractivity contribution is 9.11. The summed E-state index contributed by atoms with van der Waals surface area (Å²) < 4.78 is 41.4. The molecule has 8 heteroatoms. The van der Waals surface area contributed by atoms with Crippen molar-refractivity contribution in [2.75, 3.05) is 0 Å². The number of ether oxygens (including phenoxy) is 1. The molecule has 1 aromatic carbocycles. The van der Waals surface area contributed by atoms with Crippen molar-refractivity contribution in [2.24, 2.45) is 5.92 Å². The van der Waals surface area contributed by atoms with Gasteiger partial charge in [-0.25, -0.2) is 4.98 Å². The first-order chi connectivity index (χ1) is 10.2. The fraction of sp³-hybridized carbons (Fsp3) is 0.357. The van der Waals surface area contributed by atoms with Crippen LogP contribution in [-0.2, 0) is 6.42 Å². The zero-order valence-electron chi connectivity index (χ0n) is 11.7. The van der Waals surface area contributed by atoms with Crippen molar-refractivity contribution >= 4 is 38.9 Å². The Bertz CT molecular complexity index is 673. The lowest BCUT2D eigenvalue weighted by Gasteiger charge is -2.11. The monoisotopic (exact) mass is 413 g/mol. The van der Waals surface area contributed by atoms with E-state index in [2.05, 4.69) is 39.5 Å². The summed E-state index contributed by atoms with van der Waals surface area (Å²) >= 11 is 10.7. The second kappa shape index (κ2) is 6.76. The minimum Gasteiger partial charge on any atom is -0.404 e. The van der Waals surface area contributed by atoms with Gasteiger partial charge in [-0.15, -0.1) is 24.5 Å². The van der Waals surface area contributed by atoms with Gasteiger partial charge >= 0.3 is 6.36 Å². The van der Waals surface area contributed by atoms with Crippen LogP contribution < -0.4 is 4.74 Å². The van der Waals surface area contributed by atoms with Gasteiger partial charge in [0.1, 0.15) is 5.75 Å². The fourth-order valence-electron chi connectivity index (χ4n) is 1.91. The highest BCUT2D eigenvalue weighted by Gasteiger charge is 2.32. The topological polar surface area (TPSA) is 22.1 Å². The summed E-state index contributed by atoms with van der Waals surface area (Å²) in [5.41, 5.74) is 1.39. The zero-order chi connectivity index (χ0) is 16.5. The van der Waals surface area contributed by atoms with Gasteiger partial charge in [-0.05, 0) is 46.5 Å². The summed E-state index contributed by atoms with van der Waals surface area (Å²) in [6.07, 6.45) is -3.94. The molecule has 0 saturated carbocycles. The van der Waals surface area contributed by atoms with Crippen LogP contribution in [-0.4, -0.2) is 11.3 Å². The van der Waals surface area contributed by atoms with Crippen LogP contribution in [0.25, 0.3) is 11.3 Å². The molecule has 0 aliphatic heterocycles. The van der Waals surface area contributed by atoms with E-state index in [0.29, 0.717) is 11.5 Å². The lowest BCUT2D eigenvalue weighted by molar-refractivity contribution is -0.274. The molecule has 0 aliphatic rings. The van der Waals surface area contributed by atoms with Crippen LogP contribution in [0, 0.1) is 5.92 Å². The largest absolute Gasteiger partial charge is 0.573 e. The van der Waals surface area contributed by atoms with Gasteiger partial charge in [0.25, 0.3) is 0 Å². The number of rotatable bonds is 4. The van der Waals surface area contributed by atoms with E-state index >= 15 is 0 Å². The first-order valence-corrected chi connectivity index (χ1v) is 8.35. The van der Waals surface area contributed by atoms with Gasteiger partial charge in [0, 0.05) is 10.4 Å². The normalized spacial score (nSPS) is 12.0. The van der Waals surface area contributed by atoms with Crippen molar-refractivity contribution in [3.05, 3.63) is 32.0 Å². The molecule has 2 aromatic rings. The molecule has 0 amide bonds. The van der Waals surface area contributed by atoms with Crippen molar-refractivity contribution in [2.45, 2.75) is 26.6 Å². The fourth-order valence-corrected chi connectivity index (χ4v) is 3.91. The Morgan fingerprint density at radius 3 is 2.59 bits per heavy atom. The smallest absolute Gasteiger partial charge is 0.404 e. The third-order valence-electron chi connectivity index (χ3n) is 2.70. The van der Waals surface area contributed by atoms with Crippen molar-refractivity contribution in [3.8, 4) is 17.0 Å². The number of hydrogen-bond donors (Lipinski definition) is 0. The second-order valence-electron chi connectivity index (χ2n) is 5.03. The number of halogens is 5. The number of nitrogens with zero attached hydrogens (tertiary/aromatic N) is 1. The van der Waals surface area contributed by atoms with Crippen LogP contribution in [0.3, 0.4) is 0 Å². The molecule has 2 nitrogen and oxygen atoms in total. The van der Waals surface area contributed by atoms with Crippen molar-refractivity contribution < 1.29 is 17.9 Å². The maximum atomic E-state index is 12.3. The van der Waals surface area contributed by atoms with Crippen molar-refractivity contribution in [1.29, 1.82) is 0 Å². The summed E-state index contributed by atoms with van der Waals surface area (Å²) in [4.78, 5) is 5.45. The third-order valence-corrected chi connectivity index (χ3v) is 4.52. The Kier molecular flexibility index (Phi) is 5.40. The highest BCUT2D eigenvalue weighted by Crippen LogP contribution is 2.37. The molecule has 0 atom stereocenters. The van der Waals surface area contributed by atoms with Gasteiger partial charge in [0.15, 0.2) is 3.92 Å². The van der Waals surface area contributed by atoms with Gasteiger partial charge in [-0.2, -0.15) is 0 Å². The molecule has 1 heterocycles. The van der Waals surface area contributed by atoms with E-state index in [4.69, 9.17) is 11.6 Å². The van der Waals surface area contributed by atoms with Gasteiger partial charge in [-0.1, -0.05) is 25.4 Å². The predicted molar refractivity (Wildman–Crippen MR) is 85.5 cm³/mol. The van der Waals surface area contributed by atoms with E-state index in [0.717, 1.165) is 20.9 Å². The molecule has 0 unspecified atom stereocenters. The quantitative estimate of drug-likeness (QED) is 0.584. The van der Waals surface area contributed by atoms with E-state index in [1.165, 1.54) is 29.5 Å². The van der Waals surface area contributed by atoms with E-state index in [9.17, 15) is 13.2 Å². The molecule has 0 spiro atoms. The van der Waals surface area contributed by atoms with Crippen LogP contribution in [0.5, 0.6) is 5.75 Å². The van der Waals surface area contributed by atoms with Crippen molar-refractivity contribution in [1.82, 2.24) is 4.98 Å². The number of hydrogen-bond acceptors (Lipinski definition) is 3. The SMILES string of the molecule is CC(C)Cc1sc(Br)nc1-c1ccc(OC(F)(F)F)c(Cl)c1. The molecule has 120 valence electrons. The standard InChI is InChI=1S/C14H12BrClF3NOS/c1-7(2)5-11-12(20-13(15)22-11)8-3-4-10(9(16)6-8)21-14(17,18)19/h3-4,6-7H,5H2,1-2H3. The van der Waals surface area contributed by atoms with Gasteiger partial charge in [0.2, 0.25) is 0 Å². The van der Waals surface area contributed by atoms with E-state index in [-0.39, 0.29) is 5.02 Å². The molecule has 0 saturated heterocycles. The Balaban J connectivity index is 2.36. The Labute approximate surface area is 143 Å². The first kappa shape index (κ1) is 17.6. The average molecular weight is 415 g/mol. The first-order valence-electron chi connectivity index (χ1n) is 6.36. The molecule has 0 bridgehead atoms. The molecule has 22 heavy (non-hydrogen) atoms. The predicted octanol–water partition coefficient (Wildman–Crippen LogP) is 6.32. The van der Waals surface area contributed by atoms with Crippen LogP contribution >= 0.6 is 38.9 Å². The summed E-state index contributed by atoms with van der Waals surface area (Å²) in [6.45, 7) is 4.18. The summed E-state index contributed by atoms with van der Waals surface area (Å²) in [5, 5.41) is -0.102. The summed E-state index contributed by atoms with van der Waals surface area (Å²) in [5.74, 6) is 0.0204. The molecular formula is C14H12BrClF3NOS. The molecule has 1 aromatic heterocycles. The van der Waals surface area contributed by atoms with Crippen LogP contribution in [0.2, 0.25) is 5.02 Å². The Morgan fingerprint density at radius 2 is 2.05 bits per heavy atom. The summed E-state index contributed by atoms with van der Waals surface area (Å²) in [7, 11) is 0. The molecule has 2 rings (SSSR count). The second-order valence-corrected chi connectivity index (χ2v) is 7.80. The van der Waals surface area contributed by atoms with Crippen molar-refractivity contribution in [3.63, 3.8) is 0 Å².